The fourth-order valence-electron chi connectivity index (χ4n) is 2.32. The molecule has 0 aromatic heterocycles. The molecule has 0 bridgehead atoms. The first-order chi connectivity index (χ1) is 11.3. The van der Waals surface area contributed by atoms with Crippen LogP contribution >= 0.6 is 0 Å². The lowest BCUT2D eigenvalue weighted by atomic mass is 10.2. The fraction of sp³-hybridized carbons (Fsp3) is 0.588. The van der Waals surface area contributed by atoms with Crippen molar-refractivity contribution in [1.29, 1.82) is 0 Å². The van der Waals surface area contributed by atoms with E-state index in [4.69, 9.17) is 0 Å². The third-order valence-corrected chi connectivity index (χ3v) is 4.98. The van der Waals surface area contributed by atoms with Crippen LogP contribution in [0.3, 0.4) is 0 Å². The summed E-state index contributed by atoms with van der Waals surface area (Å²) >= 11 is 0. The number of nitrogens with zero attached hydrogens (tertiary/aromatic N) is 2. The maximum absolute atomic E-state index is 12.6. The lowest BCUT2D eigenvalue weighted by molar-refractivity contribution is 0.0755. The van der Waals surface area contributed by atoms with Gasteiger partial charge in [-0.3, -0.25) is 4.79 Å². The molecule has 1 aromatic carbocycles. The number of likely N-dealkylation sites (N-methyl/N-ethyl adjacent to an activating group) is 1. The van der Waals surface area contributed by atoms with Crippen LogP contribution in [0.4, 0.5) is 0 Å². The van der Waals surface area contributed by atoms with E-state index < -0.39 is 10.0 Å². The molecule has 0 saturated heterocycles. The number of rotatable bonds is 10. The molecule has 0 radical (unpaired) electrons. The monoisotopic (exact) mass is 355 g/mol. The van der Waals surface area contributed by atoms with Gasteiger partial charge in [0.05, 0.1) is 4.90 Å². The van der Waals surface area contributed by atoms with Gasteiger partial charge in [-0.05, 0) is 45.1 Å². The summed E-state index contributed by atoms with van der Waals surface area (Å²) < 4.78 is 27.3. The van der Waals surface area contributed by atoms with Crippen LogP contribution in [0.5, 0.6) is 0 Å². The van der Waals surface area contributed by atoms with Gasteiger partial charge < -0.3 is 9.80 Å². The minimum absolute atomic E-state index is 0.121. The number of sulfonamides is 1. The average Bonchev–Trinajstić information content (AvgIpc) is 2.53. The SMILES string of the molecule is CCCN(CCC)C(=O)c1cccc(S(=O)(=O)NCCN(C)C)c1. The largest absolute Gasteiger partial charge is 0.339 e. The van der Waals surface area contributed by atoms with Crippen molar-refractivity contribution in [3.63, 3.8) is 0 Å². The quantitative estimate of drug-likeness (QED) is 0.695. The Kier molecular flexibility index (Phi) is 8.38. The van der Waals surface area contributed by atoms with Gasteiger partial charge in [-0.25, -0.2) is 13.1 Å². The van der Waals surface area contributed by atoms with Crippen LogP contribution in [-0.2, 0) is 10.0 Å². The van der Waals surface area contributed by atoms with E-state index in [1.807, 2.05) is 32.8 Å². The van der Waals surface area contributed by atoms with Gasteiger partial charge in [0, 0.05) is 31.7 Å². The Hall–Kier alpha value is -1.44. The second kappa shape index (κ2) is 9.76. The Labute approximate surface area is 145 Å². The molecule has 136 valence electrons. The van der Waals surface area contributed by atoms with E-state index in [0.29, 0.717) is 31.7 Å². The van der Waals surface area contributed by atoms with Crippen molar-refractivity contribution in [3.8, 4) is 0 Å². The first-order valence-electron chi connectivity index (χ1n) is 8.35. The highest BCUT2D eigenvalue weighted by Gasteiger charge is 2.18. The van der Waals surface area contributed by atoms with Crippen LogP contribution < -0.4 is 4.72 Å². The predicted molar refractivity (Wildman–Crippen MR) is 96.7 cm³/mol. The molecule has 24 heavy (non-hydrogen) atoms. The van der Waals surface area contributed by atoms with Gasteiger partial charge in [0.1, 0.15) is 0 Å². The van der Waals surface area contributed by atoms with Crippen LogP contribution in [0.1, 0.15) is 37.0 Å². The van der Waals surface area contributed by atoms with Crippen molar-refractivity contribution in [2.75, 3.05) is 40.3 Å². The molecule has 6 nitrogen and oxygen atoms in total. The highest BCUT2D eigenvalue weighted by molar-refractivity contribution is 7.89. The highest BCUT2D eigenvalue weighted by Crippen LogP contribution is 2.14. The smallest absolute Gasteiger partial charge is 0.253 e. The summed E-state index contributed by atoms with van der Waals surface area (Å²) in [6.45, 7) is 6.32. The van der Waals surface area contributed by atoms with Gasteiger partial charge in [0.2, 0.25) is 10.0 Å². The van der Waals surface area contributed by atoms with Crippen molar-refractivity contribution in [3.05, 3.63) is 29.8 Å². The molecule has 0 atom stereocenters. The van der Waals surface area contributed by atoms with Crippen LogP contribution in [0.2, 0.25) is 0 Å². The molecule has 1 amide bonds. The predicted octanol–water partition coefficient (Wildman–Crippen LogP) is 1.79. The summed E-state index contributed by atoms with van der Waals surface area (Å²) in [6.07, 6.45) is 1.74. The van der Waals surface area contributed by atoms with Gasteiger partial charge >= 0.3 is 0 Å². The van der Waals surface area contributed by atoms with Crippen molar-refractivity contribution in [1.82, 2.24) is 14.5 Å². The second-order valence-corrected chi connectivity index (χ2v) is 7.79. The van der Waals surface area contributed by atoms with Crippen LogP contribution in [0.15, 0.2) is 29.2 Å². The van der Waals surface area contributed by atoms with E-state index in [9.17, 15) is 13.2 Å². The minimum Gasteiger partial charge on any atom is -0.339 e. The summed E-state index contributed by atoms with van der Waals surface area (Å²) in [5.41, 5.74) is 0.410. The third-order valence-electron chi connectivity index (χ3n) is 3.52. The lowest BCUT2D eigenvalue weighted by Crippen LogP contribution is -2.33. The Balaban J connectivity index is 2.94. The minimum atomic E-state index is -3.61. The molecule has 1 N–H and O–H groups in total. The number of hydrogen-bond donors (Lipinski definition) is 1. The average molecular weight is 356 g/mol. The summed E-state index contributed by atoms with van der Waals surface area (Å²) in [5, 5.41) is 0. The normalized spacial score (nSPS) is 11.7. The third kappa shape index (κ3) is 6.22. The van der Waals surface area contributed by atoms with Crippen LogP contribution in [0.25, 0.3) is 0 Å². The molecule has 0 saturated carbocycles. The molecule has 0 spiro atoms. The van der Waals surface area contributed by atoms with E-state index in [-0.39, 0.29) is 10.8 Å². The Morgan fingerprint density at radius 1 is 1.08 bits per heavy atom. The molecule has 7 heteroatoms. The molecule has 0 aliphatic carbocycles. The molecule has 0 aliphatic rings. The fourth-order valence-corrected chi connectivity index (χ4v) is 3.39. The Morgan fingerprint density at radius 2 is 1.71 bits per heavy atom. The molecule has 0 fully saturated rings. The summed E-state index contributed by atoms with van der Waals surface area (Å²) in [6, 6.07) is 6.25. The molecule has 0 heterocycles. The molecule has 1 rings (SSSR count). The van der Waals surface area contributed by atoms with Gasteiger partial charge in [-0.1, -0.05) is 19.9 Å². The Bertz CT molecular complexity index is 624. The van der Waals surface area contributed by atoms with E-state index >= 15 is 0 Å². The maximum Gasteiger partial charge on any atom is 0.253 e. The van der Waals surface area contributed by atoms with E-state index in [1.165, 1.54) is 12.1 Å². The highest BCUT2D eigenvalue weighted by atomic mass is 32.2. The lowest BCUT2D eigenvalue weighted by Gasteiger charge is -2.21. The number of amides is 1. The summed E-state index contributed by atoms with van der Waals surface area (Å²) in [7, 11) is 0.148. The van der Waals surface area contributed by atoms with Gasteiger partial charge in [-0.15, -0.1) is 0 Å². The van der Waals surface area contributed by atoms with Crippen LogP contribution in [0, 0.1) is 0 Å². The van der Waals surface area contributed by atoms with Crippen molar-refractivity contribution >= 4 is 15.9 Å². The summed E-state index contributed by atoms with van der Waals surface area (Å²) in [5.74, 6) is -0.121. The van der Waals surface area contributed by atoms with E-state index in [2.05, 4.69) is 4.72 Å². The molecule has 0 unspecified atom stereocenters. The number of nitrogens with one attached hydrogen (secondary N) is 1. The standard InChI is InChI=1S/C17H29N3O3S/c1-5-11-20(12-6-2)17(21)15-8-7-9-16(14-15)24(22,23)18-10-13-19(3)4/h7-9,14,18H,5-6,10-13H2,1-4H3. The molecule has 0 aliphatic heterocycles. The first-order valence-corrected chi connectivity index (χ1v) is 9.83. The van der Waals surface area contributed by atoms with Crippen LogP contribution in [-0.4, -0.2) is 64.4 Å². The van der Waals surface area contributed by atoms with Crippen molar-refractivity contribution in [2.24, 2.45) is 0 Å². The Morgan fingerprint density at radius 3 is 2.25 bits per heavy atom. The maximum atomic E-state index is 12.6. The van der Waals surface area contributed by atoms with Crippen molar-refractivity contribution in [2.45, 2.75) is 31.6 Å². The number of hydrogen-bond acceptors (Lipinski definition) is 4. The second-order valence-electron chi connectivity index (χ2n) is 6.02. The molecular weight excluding hydrogens is 326 g/mol. The zero-order valence-electron chi connectivity index (χ0n) is 15.1. The van der Waals surface area contributed by atoms with Crippen molar-refractivity contribution < 1.29 is 13.2 Å². The van der Waals surface area contributed by atoms with E-state index in [0.717, 1.165) is 12.8 Å². The topological polar surface area (TPSA) is 69.7 Å². The zero-order valence-corrected chi connectivity index (χ0v) is 15.9. The molecule has 1 aromatic rings. The van der Waals surface area contributed by atoms with Gasteiger partial charge in [-0.2, -0.15) is 0 Å². The first kappa shape index (κ1) is 20.6. The van der Waals surface area contributed by atoms with Gasteiger partial charge in [0.15, 0.2) is 0 Å². The summed E-state index contributed by atoms with van der Waals surface area (Å²) in [4.78, 5) is 16.4. The number of benzene rings is 1. The zero-order chi connectivity index (χ0) is 18.2. The number of carbonyl (C=O) groups is 1. The van der Waals surface area contributed by atoms with Gasteiger partial charge in [0.25, 0.3) is 5.91 Å². The molecular formula is C17H29N3O3S. The number of carbonyl (C=O) groups excluding carboxylic acids is 1. The van der Waals surface area contributed by atoms with E-state index in [1.54, 1.807) is 17.0 Å².